The van der Waals surface area contributed by atoms with Gasteiger partial charge in [-0.2, -0.15) is 11.8 Å². The van der Waals surface area contributed by atoms with Crippen LogP contribution in [0.3, 0.4) is 0 Å². The number of urea groups is 1. The first-order valence-electron chi connectivity index (χ1n) is 6.11. The van der Waals surface area contributed by atoms with Crippen molar-refractivity contribution in [2.45, 2.75) is 63.8 Å². The maximum atomic E-state index is 11.7. The Balaban J connectivity index is 2.26. The third-order valence-electron chi connectivity index (χ3n) is 2.61. The van der Waals surface area contributed by atoms with E-state index in [1.165, 1.54) is 12.2 Å². The van der Waals surface area contributed by atoms with Gasteiger partial charge < -0.3 is 10.6 Å². The van der Waals surface area contributed by atoms with Crippen LogP contribution in [0.4, 0.5) is 4.79 Å². The minimum atomic E-state index is -0.153. The number of rotatable bonds is 3. The second kappa shape index (κ2) is 5.80. The highest BCUT2D eigenvalue weighted by Crippen LogP contribution is 2.29. The molecule has 0 spiro atoms. The van der Waals surface area contributed by atoms with Crippen LogP contribution < -0.4 is 10.6 Å². The van der Waals surface area contributed by atoms with Crippen molar-refractivity contribution in [3.63, 3.8) is 0 Å². The van der Waals surface area contributed by atoms with Crippen molar-refractivity contribution in [1.82, 2.24) is 10.6 Å². The quantitative estimate of drug-likeness (QED) is 0.801. The van der Waals surface area contributed by atoms with E-state index in [0.717, 1.165) is 18.1 Å². The Labute approximate surface area is 103 Å². The molecule has 0 aliphatic heterocycles. The maximum absolute atomic E-state index is 11.7. The molecule has 0 radical (unpaired) electrons. The lowest BCUT2D eigenvalue weighted by molar-refractivity contribution is 0.228. The van der Waals surface area contributed by atoms with Crippen LogP contribution in [-0.2, 0) is 0 Å². The summed E-state index contributed by atoms with van der Waals surface area (Å²) in [6.45, 7) is 8.18. The molecule has 0 saturated heterocycles. The Hall–Kier alpha value is -0.380. The van der Waals surface area contributed by atoms with E-state index in [1.54, 1.807) is 0 Å². The monoisotopic (exact) mass is 244 g/mol. The van der Waals surface area contributed by atoms with Crippen molar-refractivity contribution < 1.29 is 4.79 Å². The van der Waals surface area contributed by atoms with Gasteiger partial charge >= 0.3 is 6.03 Å². The van der Waals surface area contributed by atoms with E-state index < -0.39 is 0 Å². The summed E-state index contributed by atoms with van der Waals surface area (Å²) in [7, 11) is 0. The van der Waals surface area contributed by atoms with Gasteiger partial charge in [0.2, 0.25) is 0 Å². The number of nitrogens with one attached hydrogen (secondary N) is 2. The molecular formula is C12H24N2OS. The second-order valence-electron chi connectivity index (χ2n) is 5.44. The molecule has 3 nitrogen and oxygen atoms in total. The summed E-state index contributed by atoms with van der Waals surface area (Å²) in [5.41, 5.74) is -0.153. The minimum absolute atomic E-state index is 0.0281. The van der Waals surface area contributed by atoms with Crippen molar-refractivity contribution in [2.75, 3.05) is 5.75 Å². The van der Waals surface area contributed by atoms with E-state index >= 15 is 0 Å². The summed E-state index contributed by atoms with van der Waals surface area (Å²) in [6.07, 6.45) is 3.48. The maximum Gasteiger partial charge on any atom is 0.315 e. The first-order valence-corrected chi connectivity index (χ1v) is 7.16. The SMILES string of the molecule is CCSC1CCC(NC(=O)NC(C)(C)C)C1. The number of amides is 2. The van der Waals surface area contributed by atoms with Crippen molar-refractivity contribution in [3.05, 3.63) is 0 Å². The predicted molar refractivity (Wildman–Crippen MR) is 71.0 cm³/mol. The van der Waals surface area contributed by atoms with Gasteiger partial charge in [-0.25, -0.2) is 4.79 Å². The summed E-state index contributed by atoms with van der Waals surface area (Å²) in [6, 6.07) is 0.339. The zero-order chi connectivity index (χ0) is 12.2. The molecule has 0 aromatic carbocycles. The normalized spacial score (nSPS) is 25.5. The summed E-state index contributed by atoms with van der Waals surface area (Å²) in [4.78, 5) is 11.7. The molecule has 1 aliphatic rings. The fraction of sp³-hybridized carbons (Fsp3) is 0.917. The molecule has 1 rings (SSSR count). The van der Waals surface area contributed by atoms with Crippen molar-refractivity contribution in [2.24, 2.45) is 0 Å². The van der Waals surface area contributed by atoms with Gasteiger partial charge in [0.15, 0.2) is 0 Å². The Morgan fingerprint density at radius 2 is 2.06 bits per heavy atom. The summed E-state index contributed by atoms with van der Waals surface area (Å²) in [5.74, 6) is 1.17. The second-order valence-corrected chi connectivity index (χ2v) is 7.01. The summed E-state index contributed by atoms with van der Waals surface area (Å²) < 4.78 is 0. The number of carbonyl (C=O) groups is 1. The number of thioether (sulfide) groups is 1. The largest absolute Gasteiger partial charge is 0.335 e. The van der Waals surface area contributed by atoms with Crippen LogP contribution >= 0.6 is 11.8 Å². The van der Waals surface area contributed by atoms with Gasteiger partial charge in [0, 0.05) is 16.8 Å². The highest BCUT2D eigenvalue weighted by molar-refractivity contribution is 7.99. The first-order chi connectivity index (χ1) is 7.40. The molecule has 2 atom stereocenters. The van der Waals surface area contributed by atoms with Crippen LogP contribution in [0.1, 0.15) is 47.0 Å². The molecule has 0 aromatic heterocycles. The molecule has 94 valence electrons. The Morgan fingerprint density at radius 3 is 2.62 bits per heavy atom. The zero-order valence-corrected chi connectivity index (χ0v) is 11.6. The highest BCUT2D eigenvalue weighted by Gasteiger charge is 2.26. The lowest BCUT2D eigenvalue weighted by Gasteiger charge is -2.22. The molecule has 4 heteroatoms. The van der Waals surface area contributed by atoms with Crippen LogP contribution in [0.5, 0.6) is 0 Å². The molecule has 16 heavy (non-hydrogen) atoms. The van der Waals surface area contributed by atoms with E-state index in [-0.39, 0.29) is 11.6 Å². The Bertz CT molecular complexity index is 238. The van der Waals surface area contributed by atoms with Crippen molar-refractivity contribution >= 4 is 17.8 Å². The van der Waals surface area contributed by atoms with Gasteiger partial charge in [0.1, 0.15) is 0 Å². The molecular weight excluding hydrogens is 220 g/mol. The van der Waals surface area contributed by atoms with Crippen LogP contribution in [0.15, 0.2) is 0 Å². The van der Waals surface area contributed by atoms with Crippen LogP contribution in [0.25, 0.3) is 0 Å². The lowest BCUT2D eigenvalue weighted by atomic mass is 10.1. The highest BCUT2D eigenvalue weighted by atomic mass is 32.2. The standard InChI is InChI=1S/C12H24N2OS/c1-5-16-10-7-6-9(8-10)13-11(15)14-12(2,3)4/h9-10H,5-8H2,1-4H3,(H2,13,14,15). The average Bonchev–Trinajstić information content (AvgIpc) is 2.49. The summed E-state index contributed by atoms with van der Waals surface area (Å²) in [5, 5.41) is 6.74. The Kier molecular flexibility index (Phi) is 4.96. The van der Waals surface area contributed by atoms with E-state index in [2.05, 4.69) is 17.6 Å². The molecule has 2 N–H and O–H groups in total. The summed E-state index contributed by atoms with van der Waals surface area (Å²) >= 11 is 2.01. The number of carbonyl (C=O) groups excluding carboxylic acids is 1. The number of hydrogen-bond donors (Lipinski definition) is 2. The van der Waals surface area contributed by atoms with E-state index in [9.17, 15) is 4.79 Å². The smallest absolute Gasteiger partial charge is 0.315 e. The molecule has 1 saturated carbocycles. The third kappa shape index (κ3) is 5.10. The van der Waals surface area contributed by atoms with Gasteiger partial charge in [0.25, 0.3) is 0 Å². The van der Waals surface area contributed by atoms with Gasteiger partial charge in [0.05, 0.1) is 0 Å². The Morgan fingerprint density at radius 1 is 1.38 bits per heavy atom. The third-order valence-corrected chi connectivity index (χ3v) is 3.84. The van der Waals surface area contributed by atoms with Gasteiger partial charge in [-0.3, -0.25) is 0 Å². The minimum Gasteiger partial charge on any atom is -0.335 e. The molecule has 1 aliphatic carbocycles. The molecule has 2 unspecified atom stereocenters. The van der Waals surface area contributed by atoms with Crippen LogP contribution in [0, 0.1) is 0 Å². The first kappa shape index (κ1) is 13.7. The fourth-order valence-corrected chi connectivity index (χ4v) is 3.16. The molecule has 0 heterocycles. The number of hydrogen-bond acceptors (Lipinski definition) is 2. The van der Waals surface area contributed by atoms with Crippen LogP contribution in [-0.4, -0.2) is 28.6 Å². The molecule has 1 fully saturated rings. The van der Waals surface area contributed by atoms with Crippen molar-refractivity contribution in [1.29, 1.82) is 0 Å². The molecule has 0 aromatic rings. The fourth-order valence-electron chi connectivity index (χ4n) is 2.02. The average molecular weight is 244 g/mol. The predicted octanol–water partition coefficient (Wildman–Crippen LogP) is 2.76. The van der Waals surface area contributed by atoms with E-state index in [0.29, 0.717) is 6.04 Å². The van der Waals surface area contributed by atoms with Gasteiger partial charge in [-0.1, -0.05) is 6.92 Å². The lowest BCUT2D eigenvalue weighted by Crippen LogP contribution is -2.49. The van der Waals surface area contributed by atoms with E-state index in [1.807, 2.05) is 32.5 Å². The molecule has 0 bridgehead atoms. The van der Waals surface area contributed by atoms with Gasteiger partial charge in [-0.05, 0) is 45.8 Å². The molecule has 2 amide bonds. The topological polar surface area (TPSA) is 41.1 Å². The van der Waals surface area contributed by atoms with E-state index in [4.69, 9.17) is 0 Å². The van der Waals surface area contributed by atoms with Crippen LogP contribution in [0.2, 0.25) is 0 Å². The van der Waals surface area contributed by atoms with Gasteiger partial charge in [-0.15, -0.1) is 0 Å². The zero-order valence-electron chi connectivity index (χ0n) is 10.8. The van der Waals surface area contributed by atoms with Crippen molar-refractivity contribution in [3.8, 4) is 0 Å².